The summed E-state index contributed by atoms with van der Waals surface area (Å²) in [5.41, 5.74) is -0.0804. The van der Waals surface area contributed by atoms with Crippen molar-refractivity contribution in [2.24, 2.45) is 5.10 Å². The van der Waals surface area contributed by atoms with E-state index in [-0.39, 0.29) is 6.03 Å². The molecule has 7 heteroatoms. The van der Waals surface area contributed by atoms with Crippen molar-refractivity contribution < 1.29 is 18.3 Å². The summed E-state index contributed by atoms with van der Waals surface area (Å²) in [7, 11) is 0. The van der Waals surface area contributed by atoms with Crippen molar-refractivity contribution in [1.29, 1.82) is 0 Å². The number of benzene rings is 2. The molecule has 0 radical (unpaired) electrons. The Morgan fingerprint density at radius 3 is 2.48 bits per heavy atom. The van der Waals surface area contributed by atoms with Gasteiger partial charge < -0.3 is 9.64 Å². The number of likely N-dealkylation sites (tertiary alicyclic amines) is 1. The molecule has 2 aromatic carbocycles. The number of hydrogen-bond donors (Lipinski definition) is 0. The van der Waals surface area contributed by atoms with Crippen LogP contribution in [0.3, 0.4) is 0 Å². The van der Waals surface area contributed by atoms with E-state index in [0.717, 1.165) is 11.8 Å². The van der Waals surface area contributed by atoms with Crippen molar-refractivity contribution in [3.8, 4) is 5.75 Å². The van der Waals surface area contributed by atoms with Crippen molar-refractivity contribution in [3.63, 3.8) is 0 Å². The van der Waals surface area contributed by atoms with E-state index in [4.69, 9.17) is 4.74 Å². The van der Waals surface area contributed by atoms with Crippen LogP contribution in [-0.4, -0.2) is 40.8 Å². The van der Waals surface area contributed by atoms with Crippen LogP contribution in [0.2, 0.25) is 0 Å². The van der Waals surface area contributed by atoms with Gasteiger partial charge in [0.1, 0.15) is 23.0 Å². The van der Waals surface area contributed by atoms with Crippen LogP contribution in [0.5, 0.6) is 5.75 Å². The number of amides is 2. The number of rotatable bonds is 3. The first-order chi connectivity index (χ1) is 12.9. The number of hydrogen-bond acceptors (Lipinski definition) is 3. The second-order valence-corrected chi connectivity index (χ2v) is 7.10. The summed E-state index contributed by atoms with van der Waals surface area (Å²) in [4.78, 5) is 14.4. The van der Waals surface area contributed by atoms with Crippen LogP contribution in [0.4, 0.5) is 13.6 Å². The molecule has 1 atom stereocenters. The van der Waals surface area contributed by atoms with E-state index in [0.29, 0.717) is 25.1 Å². The Bertz CT molecular complexity index is 862. The standard InChI is InChI=1S/C20H19F2N3O2/c1-20(27-17-5-3-2-4-6-17)12-24(13-20)19(26)25-18(7-8-23-25)14-9-15(21)11-16(22)10-14/h2-6,8-11,18H,7,12-13H2,1H3/t18-/m0/s1. The van der Waals surface area contributed by atoms with Crippen molar-refractivity contribution in [2.75, 3.05) is 13.1 Å². The molecule has 2 amide bonds. The third-order valence-electron chi connectivity index (χ3n) is 4.72. The van der Waals surface area contributed by atoms with Gasteiger partial charge in [0.05, 0.1) is 19.1 Å². The van der Waals surface area contributed by atoms with Crippen LogP contribution >= 0.6 is 0 Å². The Hall–Kier alpha value is -2.96. The number of ether oxygens (including phenoxy) is 1. The fraction of sp³-hybridized carbons (Fsp3) is 0.300. The van der Waals surface area contributed by atoms with Crippen molar-refractivity contribution in [1.82, 2.24) is 9.91 Å². The maximum atomic E-state index is 13.5. The first-order valence-corrected chi connectivity index (χ1v) is 8.74. The summed E-state index contributed by atoms with van der Waals surface area (Å²) < 4.78 is 33.1. The highest BCUT2D eigenvalue weighted by atomic mass is 19.1. The highest BCUT2D eigenvalue weighted by molar-refractivity contribution is 5.79. The van der Waals surface area contributed by atoms with Gasteiger partial charge in [0.15, 0.2) is 0 Å². The molecular formula is C20H19F2N3O2. The molecule has 1 saturated heterocycles. The summed E-state index contributed by atoms with van der Waals surface area (Å²) in [5.74, 6) is -0.589. The fourth-order valence-corrected chi connectivity index (χ4v) is 3.52. The number of hydrazone groups is 1. The first kappa shape index (κ1) is 17.5. The van der Waals surface area contributed by atoms with Crippen LogP contribution in [0.25, 0.3) is 0 Å². The quantitative estimate of drug-likeness (QED) is 0.820. The van der Waals surface area contributed by atoms with Crippen LogP contribution in [0, 0.1) is 11.6 Å². The maximum absolute atomic E-state index is 13.5. The molecule has 140 valence electrons. The molecule has 1 fully saturated rings. The molecule has 0 bridgehead atoms. The molecule has 2 heterocycles. The normalized spacial score (nSPS) is 20.5. The molecule has 0 spiro atoms. The van der Waals surface area contributed by atoms with Gasteiger partial charge in [-0.15, -0.1) is 0 Å². The second kappa shape index (κ2) is 6.64. The highest BCUT2D eigenvalue weighted by Gasteiger charge is 2.46. The summed E-state index contributed by atoms with van der Waals surface area (Å²) >= 11 is 0. The lowest BCUT2D eigenvalue weighted by molar-refractivity contribution is -0.0481. The Morgan fingerprint density at radius 2 is 1.81 bits per heavy atom. The minimum Gasteiger partial charge on any atom is -0.484 e. The monoisotopic (exact) mass is 371 g/mol. The molecule has 27 heavy (non-hydrogen) atoms. The highest BCUT2D eigenvalue weighted by Crippen LogP contribution is 2.34. The number of carbonyl (C=O) groups excluding carboxylic acids is 1. The average molecular weight is 371 g/mol. The van der Waals surface area contributed by atoms with Crippen molar-refractivity contribution in [2.45, 2.75) is 25.0 Å². The molecule has 2 aromatic rings. The van der Waals surface area contributed by atoms with Crippen LogP contribution in [0.1, 0.15) is 24.9 Å². The second-order valence-electron chi connectivity index (χ2n) is 7.10. The lowest BCUT2D eigenvalue weighted by Gasteiger charge is -2.48. The van der Waals surface area contributed by atoms with E-state index in [2.05, 4.69) is 5.10 Å². The predicted octanol–water partition coefficient (Wildman–Crippen LogP) is 3.97. The SMILES string of the molecule is CC1(Oc2ccccc2)CN(C(=O)N2N=CC[C@H]2c2cc(F)cc(F)c2)C1. The maximum Gasteiger partial charge on any atom is 0.341 e. The van der Waals surface area contributed by atoms with Crippen molar-refractivity contribution in [3.05, 3.63) is 65.7 Å². The molecule has 0 N–H and O–H groups in total. The zero-order valence-corrected chi connectivity index (χ0v) is 14.8. The van der Waals surface area contributed by atoms with E-state index in [1.54, 1.807) is 11.1 Å². The van der Waals surface area contributed by atoms with E-state index in [1.807, 2.05) is 37.3 Å². The minimum absolute atomic E-state index is 0.299. The Kier molecular flexibility index (Phi) is 4.30. The average Bonchev–Trinajstić information content (AvgIpc) is 3.09. The molecule has 4 rings (SSSR count). The van der Waals surface area contributed by atoms with Gasteiger partial charge in [-0.3, -0.25) is 0 Å². The van der Waals surface area contributed by atoms with Crippen LogP contribution < -0.4 is 4.74 Å². The predicted molar refractivity (Wildman–Crippen MR) is 96.5 cm³/mol. The van der Waals surface area contributed by atoms with Crippen molar-refractivity contribution >= 4 is 12.2 Å². The zero-order valence-electron chi connectivity index (χ0n) is 14.8. The molecule has 0 saturated carbocycles. The third-order valence-corrected chi connectivity index (χ3v) is 4.72. The summed E-state index contributed by atoms with van der Waals surface area (Å²) in [6.07, 6.45) is 2.01. The lowest BCUT2D eigenvalue weighted by Crippen LogP contribution is -2.66. The van der Waals surface area contributed by atoms with E-state index >= 15 is 0 Å². The molecule has 2 aliphatic rings. The van der Waals surface area contributed by atoms with Gasteiger partial charge in [0.2, 0.25) is 0 Å². The molecular weight excluding hydrogens is 352 g/mol. The van der Waals surface area contributed by atoms with Gasteiger partial charge in [-0.2, -0.15) is 5.10 Å². The topological polar surface area (TPSA) is 45.1 Å². The van der Waals surface area contributed by atoms with E-state index in [1.165, 1.54) is 17.1 Å². The Balaban J connectivity index is 1.43. The van der Waals surface area contributed by atoms with Crippen LogP contribution in [-0.2, 0) is 0 Å². The minimum atomic E-state index is -0.669. The molecule has 0 aromatic heterocycles. The van der Waals surface area contributed by atoms with Gasteiger partial charge >= 0.3 is 6.03 Å². The van der Waals surface area contributed by atoms with Gasteiger partial charge in [-0.1, -0.05) is 18.2 Å². The number of para-hydroxylation sites is 1. The summed E-state index contributed by atoms with van der Waals surface area (Å²) in [6.45, 7) is 2.77. The first-order valence-electron chi connectivity index (χ1n) is 8.74. The zero-order chi connectivity index (χ0) is 19.0. The van der Waals surface area contributed by atoms with Gasteiger partial charge in [0, 0.05) is 18.7 Å². The number of nitrogens with zero attached hydrogens (tertiary/aromatic N) is 3. The Labute approximate surface area is 155 Å². The third kappa shape index (κ3) is 3.49. The Morgan fingerprint density at radius 1 is 1.15 bits per heavy atom. The summed E-state index contributed by atoms with van der Waals surface area (Å²) in [5, 5.41) is 5.41. The smallest absolute Gasteiger partial charge is 0.341 e. The number of carbonyl (C=O) groups is 1. The van der Waals surface area contributed by atoms with E-state index in [9.17, 15) is 13.6 Å². The number of halogens is 2. The molecule has 0 unspecified atom stereocenters. The summed E-state index contributed by atoms with van der Waals surface area (Å²) in [6, 6.07) is 11.9. The fourth-order valence-electron chi connectivity index (χ4n) is 3.52. The molecule has 2 aliphatic heterocycles. The van der Waals surface area contributed by atoms with Gasteiger partial charge in [-0.05, 0) is 36.8 Å². The van der Waals surface area contributed by atoms with Crippen LogP contribution in [0.15, 0.2) is 53.6 Å². The number of urea groups is 1. The lowest BCUT2D eigenvalue weighted by atomic mass is 9.96. The van der Waals surface area contributed by atoms with Gasteiger partial charge in [-0.25, -0.2) is 18.6 Å². The van der Waals surface area contributed by atoms with E-state index < -0.39 is 23.3 Å². The molecule has 0 aliphatic carbocycles. The largest absolute Gasteiger partial charge is 0.484 e. The van der Waals surface area contributed by atoms with Gasteiger partial charge in [0.25, 0.3) is 0 Å². The molecule has 5 nitrogen and oxygen atoms in total.